The number of rotatable bonds is 8. The molecule has 0 saturated carbocycles. The first-order valence-electron chi connectivity index (χ1n) is 8.72. The molecule has 0 fully saturated rings. The number of para-hydroxylation sites is 1. The predicted molar refractivity (Wildman–Crippen MR) is 109 cm³/mol. The molecule has 1 N–H and O–H groups in total. The Bertz CT molecular complexity index is 943. The lowest BCUT2D eigenvalue weighted by Gasteiger charge is -2.24. The molecule has 1 atom stereocenters. The summed E-state index contributed by atoms with van der Waals surface area (Å²) in [7, 11) is -0.531. The molecule has 0 aliphatic carbocycles. The monoisotopic (exact) mass is 406 g/mol. The number of hydrogen-bond acceptors (Lipinski definition) is 5. The Balaban J connectivity index is 2.18. The van der Waals surface area contributed by atoms with Gasteiger partial charge in [0.25, 0.3) is 0 Å². The number of carbonyl (C=O) groups excluding carboxylic acids is 1. The number of ether oxygens (including phenoxy) is 2. The first-order chi connectivity index (χ1) is 13.2. The van der Waals surface area contributed by atoms with Gasteiger partial charge in [-0.3, -0.25) is 9.10 Å². The fraction of sp³-hybridized carbons (Fsp3) is 0.350. The van der Waals surface area contributed by atoms with E-state index in [9.17, 15) is 13.2 Å². The van der Waals surface area contributed by atoms with Gasteiger partial charge in [-0.2, -0.15) is 0 Å². The zero-order valence-corrected chi connectivity index (χ0v) is 17.5. The Morgan fingerprint density at radius 2 is 1.75 bits per heavy atom. The van der Waals surface area contributed by atoms with Gasteiger partial charge in [0, 0.05) is 0 Å². The lowest BCUT2D eigenvalue weighted by atomic mass is 10.1. The van der Waals surface area contributed by atoms with Crippen LogP contribution in [-0.2, 0) is 14.8 Å². The maximum Gasteiger partial charge on any atom is 0.241 e. The zero-order valence-electron chi connectivity index (χ0n) is 16.7. The molecule has 0 aliphatic rings. The van der Waals surface area contributed by atoms with Crippen molar-refractivity contribution in [2.24, 2.45) is 0 Å². The number of amides is 1. The highest BCUT2D eigenvalue weighted by Crippen LogP contribution is 2.30. The van der Waals surface area contributed by atoms with Crippen LogP contribution in [0.1, 0.15) is 24.1 Å². The predicted octanol–water partition coefficient (Wildman–Crippen LogP) is 2.66. The topological polar surface area (TPSA) is 84.9 Å². The highest BCUT2D eigenvalue weighted by molar-refractivity contribution is 7.92. The van der Waals surface area contributed by atoms with Gasteiger partial charge in [-0.25, -0.2) is 8.42 Å². The van der Waals surface area contributed by atoms with Crippen molar-refractivity contribution in [1.29, 1.82) is 0 Å². The van der Waals surface area contributed by atoms with E-state index in [2.05, 4.69) is 5.32 Å². The minimum atomic E-state index is -3.62. The van der Waals surface area contributed by atoms with E-state index in [1.54, 1.807) is 44.4 Å². The SMILES string of the molecule is COc1ccc([C@H](C)NC(=O)CN(c2ccccc2C)S(C)(=O)=O)cc1OC. The summed E-state index contributed by atoms with van der Waals surface area (Å²) < 4.78 is 36.1. The number of hydrogen-bond donors (Lipinski definition) is 1. The van der Waals surface area contributed by atoms with Gasteiger partial charge in [-0.1, -0.05) is 24.3 Å². The first kappa shape index (κ1) is 21.6. The molecule has 0 aromatic heterocycles. The number of nitrogens with one attached hydrogen (secondary N) is 1. The molecule has 8 heteroatoms. The highest BCUT2D eigenvalue weighted by Gasteiger charge is 2.23. The van der Waals surface area contributed by atoms with Crippen LogP contribution in [0.15, 0.2) is 42.5 Å². The summed E-state index contributed by atoms with van der Waals surface area (Å²) in [5.74, 6) is 0.738. The quantitative estimate of drug-likeness (QED) is 0.729. The molecule has 0 unspecified atom stereocenters. The van der Waals surface area contributed by atoms with E-state index in [0.29, 0.717) is 17.2 Å². The zero-order chi connectivity index (χ0) is 20.9. The van der Waals surface area contributed by atoms with E-state index >= 15 is 0 Å². The summed E-state index contributed by atoms with van der Waals surface area (Å²) in [6.45, 7) is 3.32. The molecule has 0 radical (unpaired) electrons. The number of sulfonamides is 1. The second-order valence-corrected chi connectivity index (χ2v) is 8.37. The van der Waals surface area contributed by atoms with Gasteiger partial charge in [0.15, 0.2) is 11.5 Å². The molecule has 7 nitrogen and oxygen atoms in total. The third-order valence-corrected chi connectivity index (χ3v) is 5.48. The molecule has 0 bridgehead atoms. The number of aryl methyl sites for hydroxylation is 1. The largest absolute Gasteiger partial charge is 0.493 e. The van der Waals surface area contributed by atoms with Crippen molar-refractivity contribution in [2.75, 3.05) is 31.3 Å². The molecule has 0 aliphatic heterocycles. The summed E-state index contributed by atoms with van der Waals surface area (Å²) in [6, 6.07) is 12.1. The van der Waals surface area contributed by atoms with E-state index in [-0.39, 0.29) is 12.6 Å². The average Bonchev–Trinajstić information content (AvgIpc) is 2.65. The van der Waals surface area contributed by atoms with E-state index in [1.165, 1.54) is 7.11 Å². The van der Waals surface area contributed by atoms with Crippen molar-refractivity contribution in [3.63, 3.8) is 0 Å². The standard InChI is InChI=1S/C20H26N2O5S/c1-14-8-6-7-9-17(14)22(28(5,24)25)13-20(23)21-15(2)16-10-11-18(26-3)19(12-16)27-4/h6-12,15H,13H2,1-5H3,(H,21,23)/t15-/m0/s1. The van der Waals surface area contributed by atoms with Crippen LogP contribution in [0.5, 0.6) is 11.5 Å². The van der Waals surface area contributed by atoms with Crippen LogP contribution in [0.2, 0.25) is 0 Å². The van der Waals surface area contributed by atoms with Gasteiger partial charge >= 0.3 is 0 Å². The minimum absolute atomic E-state index is 0.304. The second kappa shape index (κ2) is 8.97. The minimum Gasteiger partial charge on any atom is -0.493 e. The van der Waals surface area contributed by atoms with Crippen LogP contribution >= 0.6 is 0 Å². The van der Waals surface area contributed by atoms with Crippen molar-refractivity contribution in [1.82, 2.24) is 5.32 Å². The fourth-order valence-electron chi connectivity index (χ4n) is 2.85. The Kier molecular flexibility index (Phi) is 6.90. The van der Waals surface area contributed by atoms with E-state index in [0.717, 1.165) is 21.7 Å². The van der Waals surface area contributed by atoms with E-state index < -0.39 is 15.9 Å². The maximum absolute atomic E-state index is 12.6. The molecular weight excluding hydrogens is 380 g/mol. The molecule has 0 saturated heterocycles. The summed E-state index contributed by atoms with van der Waals surface area (Å²) in [5, 5.41) is 2.84. The summed E-state index contributed by atoms with van der Waals surface area (Å²) in [6.07, 6.45) is 1.09. The van der Waals surface area contributed by atoms with Gasteiger partial charge in [-0.05, 0) is 43.2 Å². The molecule has 152 valence electrons. The number of nitrogens with zero attached hydrogens (tertiary/aromatic N) is 1. The fourth-order valence-corrected chi connectivity index (χ4v) is 3.76. The van der Waals surface area contributed by atoms with Gasteiger partial charge in [-0.15, -0.1) is 0 Å². The Labute approximate surface area is 166 Å². The first-order valence-corrected chi connectivity index (χ1v) is 10.6. The van der Waals surface area contributed by atoms with Crippen LogP contribution < -0.4 is 19.1 Å². The lowest BCUT2D eigenvalue weighted by Crippen LogP contribution is -2.41. The van der Waals surface area contributed by atoms with E-state index in [4.69, 9.17) is 9.47 Å². The molecular formula is C20H26N2O5S. The lowest BCUT2D eigenvalue weighted by molar-refractivity contribution is -0.120. The van der Waals surface area contributed by atoms with Gasteiger partial charge < -0.3 is 14.8 Å². The summed E-state index contributed by atoms with van der Waals surface area (Å²) >= 11 is 0. The second-order valence-electron chi connectivity index (χ2n) is 6.46. The number of carbonyl (C=O) groups is 1. The van der Waals surface area contributed by atoms with Crippen molar-refractivity contribution in [3.05, 3.63) is 53.6 Å². The highest BCUT2D eigenvalue weighted by atomic mass is 32.2. The van der Waals surface area contributed by atoms with E-state index in [1.807, 2.05) is 19.1 Å². The smallest absolute Gasteiger partial charge is 0.241 e. The molecule has 28 heavy (non-hydrogen) atoms. The molecule has 2 aromatic rings. The average molecular weight is 407 g/mol. The van der Waals surface area contributed by atoms with Gasteiger partial charge in [0.05, 0.1) is 32.2 Å². The van der Waals surface area contributed by atoms with Crippen molar-refractivity contribution >= 4 is 21.6 Å². The van der Waals surface area contributed by atoms with Crippen molar-refractivity contribution in [2.45, 2.75) is 19.9 Å². The molecule has 2 aromatic carbocycles. The molecule has 1 amide bonds. The molecule has 0 heterocycles. The third kappa shape index (κ3) is 5.16. The third-order valence-electron chi connectivity index (χ3n) is 4.36. The van der Waals surface area contributed by atoms with Crippen LogP contribution in [0, 0.1) is 6.92 Å². The van der Waals surface area contributed by atoms with Crippen molar-refractivity contribution < 1.29 is 22.7 Å². The van der Waals surface area contributed by atoms with Crippen LogP contribution in [0.25, 0.3) is 0 Å². The van der Waals surface area contributed by atoms with Crippen LogP contribution in [0.4, 0.5) is 5.69 Å². The van der Waals surface area contributed by atoms with Crippen LogP contribution in [-0.4, -0.2) is 41.3 Å². The summed E-state index contributed by atoms with van der Waals surface area (Å²) in [5.41, 5.74) is 2.07. The van der Waals surface area contributed by atoms with Gasteiger partial charge in [0.2, 0.25) is 15.9 Å². The Morgan fingerprint density at radius 3 is 2.32 bits per heavy atom. The van der Waals surface area contributed by atoms with Crippen molar-refractivity contribution in [3.8, 4) is 11.5 Å². The molecule has 2 rings (SSSR count). The van der Waals surface area contributed by atoms with Crippen LogP contribution in [0.3, 0.4) is 0 Å². The Morgan fingerprint density at radius 1 is 1.11 bits per heavy atom. The number of methoxy groups -OCH3 is 2. The Hall–Kier alpha value is -2.74. The normalized spacial score (nSPS) is 12.2. The number of benzene rings is 2. The molecule has 0 spiro atoms. The summed E-state index contributed by atoms with van der Waals surface area (Å²) in [4.78, 5) is 12.6. The van der Waals surface area contributed by atoms with Gasteiger partial charge in [0.1, 0.15) is 6.54 Å². The number of anilines is 1. The maximum atomic E-state index is 12.6.